The summed E-state index contributed by atoms with van der Waals surface area (Å²) >= 11 is 0. The molecule has 6 nitrogen and oxygen atoms in total. The molecule has 0 aliphatic carbocycles. The predicted molar refractivity (Wildman–Crippen MR) is 128 cm³/mol. The highest BCUT2D eigenvalue weighted by Gasteiger charge is 2.31. The molecule has 2 amide bonds. The zero-order valence-corrected chi connectivity index (χ0v) is 19.0. The van der Waals surface area contributed by atoms with Gasteiger partial charge in [0.1, 0.15) is 6.10 Å². The van der Waals surface area contributed by atoms with Crippen molar-refractivity contribution in [3.05, 3.63) is 65.9 Å². The standard InChI is InChI=1S/C27H29N3O3/c1-19-22(26(20-8-3-2-4-9-20)21-10-5-6-11-23(21)28-19)18-25(31)29-13-15-30(16-14-29)27(32)24-12-7-17-33-24/h2-6,8-11,24H,7,12-18H2,1H3. The molecule has 1 atom stereocenters. The highest BCUT2D eigenvalue weighted by molar-refractivity contribution is 5.98. The topological polar surface area (TPSA) is 62.7 Å². The molecular formula is C27H29N3O3. The van der Waals surface area contributed by atoms with Gasteiger partial charge in [-0.1, -0.05) is 48.5 Å². The fourth-order valence-corrected chi connectivity index (χ4v) is 4.94. The van der Waals surface area contributed by atoms with E-state index in [1.165, 1.54) is 0 Å². The zero-order chi connectivity index (χ0) is 22.8. The van der Waals surface area contributed by atoms with Crippen molar-refractivity contribution in [1.82, 2.24) is 14.8 Å². The average molecular weight is 444 g/mol. The van der Waals surface area contributed by atoms with Crippen LogP contribution in [-0.4, -0.2) is 65.5 Å². The summed E-state index contributed by atoms with van der Waals surface area (Å²) in [6.07, 6.45) is 1.74. The Hall–Kier alpha value is -3.25. The summed E-state index contributed by atoms with van der Waals surface area (Å²) in [6.45, 7) is 4.88. The van der Waals surface area contributed by atoms with Gasteiger partial charge in [0.2, 0.25) is 5.91 Å². The maximum Gasteiger partial charge on any atom is 0.251 e. The first kappa shape index (κ1) is 21.6. The lowest BCUT2D eigenvalue weighted by Crippen LogP contribution is -2.53. The molecular weight excluding hydrogens is 414 g/mol. The van der Waals surface area contributed by atoms with Crippen LogP contribution in [-0.2, 0) is 20.7 Å². The Morgan fingerprint density at radius 2 is 1.67 bits per heavy atom. The Kier molecular flexibility index (Phi) is 6.09. The number of nitrogens with zero attached hydrogens (tertiary/aromatic N) is 3. The van der Waals surface area contributed by atoms with Crippen LogP contribution >= 0.6 is 0 Å². The lowest BCUT2D eigenvalue weighted by atomic mass is 9.92. The largest absolute Gasteiger partial charge is 0.368 e. The molecule has 0 radical (unpaired) electrons. The van der Waals surface area contributed by atoms with Crippen molar-refractivity contribution in [3.63, 3.8) is 0 Å². The molecule has 0 N–H and O–H groups in total. The molecule has 5 rings (SSSR count). The maximum absolute atomic E-state index is 13.3. The second kappa shape index (κ2) is 9.32. The van der Waals surface area contributed by atoms with Gasteiger partial charge in [0.25, 0.3) is 5.91 Å². The number of pyridine rings is 1. The Labute approximate surface area is 194 Å². The predicted octanol–water partition coefficient (Wildman–Crippen LogP) is 3.60. The summed E-state index contributed by atoms with van der Waals surface area (Å²) < 4.78 is 5.55. The van der Waals surface area contributed by atoms with Crippen LogP contribution in [0.2, 0.25) is 0 Å². The van der Waals surface area contributed by atoms with Crippen LogP contribution in [0.5, 0.6) is 0 Å². The van der Waals surface area contributed by atoms with Crippen LogP contribution in [0.1, 0.15) is 24.1 Å². The van der Waals surface area contributed by atoms with Gasteiger partial charge >= 0.3 is 0 Å². The van der Waals surface area contributed by atoms with E-state index in [0.29, 0.717) is 39.2 Å². The molecule has 0 saturated carbocycles. The third-order valence-corrected chi connectivity index (χ3v) is 6.74. The number of piperazine rings is 1. The van der Waals surface area contributed by atoms with E-state index in [4.69, 9.17) is 9.72 Å². The van der Waals surface area contributed by atoms with Gasteiger partial charge in [-0.25, -0.2) is 0 Å². The number of aryl methyl sites for hydroxylation is 1. The third-order valence-electron chi connectivity index (χ3n) is 6.74. The number of rotatable bonds is 4. The molecule has 0 spiro atoms. The van der Waals surface area contributed by atoms with Gasteiger partial charge in [-0.05, 0) is 42.5 Å². The summed E-state index contributed by atoms with van der Waals surface area (Å²) in [5.74, 6) is 0.150. The van der Waals surface area contributed by atoms with Crippen molar-refractivity contribution in [2.75, 3.05) is 32.8 Å². The molecule has 0 bridgehead atoms. The van der Waals surface area contributed by atoms with Crippen LogP contribution in [0.25, 0.3) is 22.0 Å². The SMILES string of the molecule is Cc1nc2ccccc2c(-c2ccccc2)c1CC(=O)N1CCN(C(=O)C2CCCO2)CC1. The number of aromatic nitrogens is 1. The molecule has 6 heteroatoms. The normalized spacial score (nSPS) is 18.6. The van der Waals surface area contributed by atoms with E-state index < -0.39 is 0 Å². The van der Waals surface area contributed by atoms with Crippen LogP contribution in [0, 0.1) is 6.92 Å². The molecule has 2 aliphatic heterocycles. The zero-order valence-electron chi connectivity index (χ0n) is 19.0. The highest BCUT2D eigenvalue weighted by atomic mass is 16.5. The molecule has 2 aromatic carbocycles. The summed E-state index contributed by atoms with van der Waals surface area (Å²) in [6, 6.07) is 18.3. The number of amides is 2. The van der Waals surface area contributed by atoms with Crippen molar-refractivity contribution in [1.29, 1.82) is 0 Å². The smallest absolute Gasteiger partial charge is 0.251 e. The number of carbonyl (C=O) groups is 2. The fraction of sp³-hybridized carbons (Fsp3) is 0.370. The first-order chi connectivity index (χ1) is 16.1. The number of fused-ring (bicyclic) bond motifs is 1. The molecule has 1 aromatic heterocycles. The lowest BCUT2D eigenvalue weighted by Gasteiger charge is -2.36. The second-order valence-corrected chi connectivity index (χ2v) is 8.82. The lowest BCUT2D eigenvalue weighted by molar-refractivity contribution is -0.145. The van der Waals surface area contributed by atoms with Gasteiger partial charge in [0.15, 0.2) is 0 Å². The molecule has 1 unspecified atom stereocenters. The van der Waals surface area contributed by atoms with Crippen LogP contribution in [0.4, 0.5) is 0 Å². The minimum Gasteiger partial charge on any atom is -0.368 e. The van der Waals surface area contributed by atoms with Crippen LogP contribution in [0.15, 0.2) is 54.6 Å². The molecule has 2 aliphatic rings. The summed E-state index contributed by atoms with van der Waals surface area (Å²) in [4.78, 5) is 34.5. The van der Waals surface area contributed by atoms with Crippen molar-refractivity contribution in [2.45, 2.75) is 32.3 Å². The first-order valence-electron chi connectivity index (χ1n) is 11.7. The van der Waals surface area contributed by atoms with Crippen molar-refractivity contribution < 1.29 is 14.3 Å². The first-order valence-corrected chi connectivity index (χ1v) is 11.7. The maximum atomic E-state index is 13.3. The Morgan fingerprint density at radius 1 is 0.970 bits per heavy atom. The number of para-hydroxylation sites is 1. The minimum atomic E-state index is -0.299. The van der Waals surface area contributed by atoms with E-state index in [0.717, 1.165) is 46.1 Å². The number of hydrogen-bond donors (Lipinski definition) is 0. The van der Waals surface area contributed by atoms with Crippen LogP contribution < -0.4 is 0 Å². The number of ether oxygens (including phenoxy) is 1. The number of benzene rings is 2. The Balaban J connectivity index is 1.37. The van der Waals surface area contributed by atoms with Gasteiger partial charge in [-0.3, -0.25) is 14.6 Å². The van der Waals surface area contributed by atoms with Crippen molar-refractivity contribution in [2.24, 2.45) is 0 Å². The molecule has 3 aromatic rings. The molecule has 3 heterocycles. The van der Waals surface area contributed by atoms with E-state index in [9.17, 15) is 9.59 Å². The second-order valence-electron chi connectivity index (χ2n) is 8.82. The number of carbonyl (C=O) groups excluding carboxylic acids is 2. The van der Waals surface area contributed by atoms with Gasteiger partial charge < -0.3 is 14.5 Å². The summed E-state index contributed by atoms with van der Waals surface area (Å²) in [7, 11) is 0. The van der Waals surface area contributed by atoms with E-state index >= 15 is 0 Å². The van der Waals surface area contributed by atoms with E-state index in [1.54, 1.807) is 0 Å². The van der Waals surface area contributed by atoms with Gasteiger partial charge in [-0.2, -0.15) is 0 Å². The van der Waals surface area contributed by atoms with Gasteiger partial charge in [-0.15, -0.1) is 0 Å². The quantitative estimate of drug-likeness (QED) is 0.618. The van der Waals surface area contributed by atoms with Crippen molar-refractivity contribution >= 4 is 22.7 Å². The fourth-order valence-electron chi connectivity index (χ4n) is 4.94. The number of hydrogen-bond acceptors (Lipinski definition) is 4. The van der Waals surface area contributed by atoms with E-state index in [2.05, 4.69) is 18.2 Å². The molecule has 170 valence electrons. The van der Waals surface area contributed by atoms with Crippen molar-refractivity contribution in [3.8, 4) is 11.1 Å². The molecule has 33 heavy (non-hydrogen) atoms. The molecule has 2 fully saturated rings. The van der Waals surface area contributed by atoms with Crippen LogP contribution in [0.3, 0.4) is 0 Å². The van der Waals surface area contributed by atoms with Gasteiger partial charge in [0.05, 0.1) is 11.9 Å². The Morgan fingerprint density at radius 3 is 2.39 bits per heavy atom. The van der Waals surface area contributed by atoms with Gasteiger partial charge in [0, 0.05) is 43.9 Å². The van der Waals surface area contributed by atoms with E-state index in [-0.39, 0.29) is 17.9 Å². The Bertz CT molecular complexity index is 1160. The highest BCUT2D eigenvalue weighted by Crippen LogP contribution is 2.33. The van der Waals surface area contributed by atoms with E-state index in [1.807, 2.05) is 53.1 Å². The average Bonchev–Trinajstić information content (AvgIpc) is 3.40. The third kappa shape index (κ3) is 4.35. The summed E-state index contributed by atoms with van der Waals surface area (Å²) in [5.41, 5.74) is 4.97. The summed E-state index contributed by atoms with van der Waals surface area (Å²) in [5, 5.41) is 1.06. The minimum absolute atomic E-state index is 0.0699. The molecule has 2 saturated heterocycles. The monoisotopic (exact) mass is 443 g/mol.